The third-order valence-corrected chi connectivity index (χ3v) is 5.20. The number of carbonyl (C=O) groups is 4. The minimum absolute atomic E-state index is 0.259. The standard InChI is InChI=1S/C21H25N3O5/c1-21(13-12-15-8-4-2-5-9-15)19(27)24(20(28)22-21)23-17(25)14-29-18(26)16-10-6-3-7-11-16/h2-6,8-9,16H,7,10-14H2,1H3,(H,22,28)(H,23,25)/t16-,21-/m0/s1. The van der Waals surface area contributed by atoms with Crippen molar-refractivity contribution in [3.8, 4) is 0 Å². The average molecular weight is 399 g/mol. The van der Waals surface area contributed by atoms with Gasteiger partial charge >= 0.3 is 12.0 Å². The van der Waals surface area contributed by atoms with E-state index in [4.69, 9.17) is 4.74 Å². The predicted molar refractivity (Wildman–Crippen MR) is 104 cm³/mol. The van der Waals surface area contributed by atoms with Gasteiger partial charge in [0.2, 0.25) is 0 Å². The molecule has 1 aromatic rings. The quantitative estimate of drug-likeness (QED) is 0.414. The predicted octanol–water partition coefficient (Wildman–Crippen LogP) is 1.86. The van der Waals surface area contributed by atoms with E-state index < -0.39 is 36.0 Å². The number of benzene rings is 1. The number of aryl methyl sites for hydroxylation is 1. The fourth-order valence-corrected chi connectivity index (χ4v) is 3.41. The number of imide groups is 1. The second kappa shape index (κ2) is 8.89. The molecule has 8 heteroatoms. The summed E-state index contributed by atoms with van der Waals surface area (Å²) >= 11 is 0. The molecule has 3 rings (SSSR count). The minimum Gasteiger partial charge on any atom is -0.455 e. The summed E-state index contributed by atoms with van der Waals surface area (Å²) in [6.07, 6.45) is 6.98. The Kier molecular flexibility index (Phi) is 6.31. The molecule has 1 aliphatic heterocycles. The van der Waals surface area contributed by atoms with Gasteiger partial charge in [-0.3, -0.25) is 19.8 Å². The second-order valence-corrected chi connectivity index (χ2v) is 7.51. The summed E-state index contributed by atoms with van der Waals surface area (Å²) in [5, 5.41) is 3.29. The van der Waals surface area contributed by atoms with Crippen LogP contribution in [0.1, 0.15) is 38.2 Å². The molecule has 29 heavy (non-hydrogen) atoms. The average Bonchev–Trinajstić information content (AvgIpc) is 2.95. The van der Waals surface area contributed by atoms with Crippen molar-refractivity contribution in [2.24, 2.45) is 5.92 Å². The van der Waals surface area contributed by atoms with Crippen LogP contribution in [0.2, 0.25) is 0 Å². The fraction of sp³-hybridized carbons (Fsp3) is 0.429. The topological polar surface area (TPSA) is 105 Å². The fourth-order valence-electron chi connectivity index (χ4n) is 3.41. The van der Waals surface area contributed by atoms with E-state index >= 15 is 0 Å². The Morgan fingerprint density at radius 2 is 2.00 bits per heavy atom. The Balaban J connectivity index is 1.50. The zero-order valence-corrected chi connectivity index (χ0v) is 16.3. The zero-order chi connectivity index (χ0) is 20.9. The third-order valence-electron chi connectivity index (χ3n) is 5.20. The molecule has 0 saturated carbocycles. The van der Waals surface area contributed by atoms with Gasteiger partial charge in [-0.1, -0.05) is 42.5 Å². The first kappa shape index (κ1) is 20.6. The number of amides is 4. The monoisotopic (exact) mass is 399 g/mol. The Labute approximate surface area is 169 Å². The van der Waals surface area contributed by atoms with Crippen LogP contribution in [0.5, 0.6) is 0 Å². The number of nitrogens with one attached hydrogen (secondary N) is 2. The number of carbonyl (C=O) groups excluding carboxylic acids is 4. The number of hydrogen-bond acceptors (Lipinski definition) is 5. The maximum atomic E-state index is 12.7. The smallest absolute Gasteiger partial charge is 0.344 e. The lowest BCUT2D eigenvalue weighted by atomic mass is 9.93. The number of urea groups is 1. The first-order valence-corrected chi connectivity index (χ1v) is 9.71. The summed E-state index contributed by atoms with van der Waals surface area (Å²) in [6, 6.07) is 8.90. The highest BCUT2D eigenvalue weighted by atomic mass is 16.5. The van der Waals surface area contributed by atoms with Crippen LogP contribution in [0.25, 0.3) is 0 Å². The number of nitrogens with zero attached hydrogens (tertiary/aromatic N) is 1. The zero-order valence-electron chi connectivity index (χ0n) is 16.3. The largest absolute Gasteiger partial charge is 0.455 e. The lowest BCUT2D eigenvalue weighted by Crippen LogP contribution is -2.50. The van der Waals surface area contributed by atoms with Crippen molar-refractivity contribution in [2.45, 2.75) is 44.6 Å². The van der Waals surface area contributed by atoms with Crippen molar-refractivity contribution < 1.29 is 23.9 Å². The van der Waals surface area contributed by atoms with Gasteiger partial charge in [0.05, 0.1) is 5.92 Å². The summed E-state index contributed by atoms with van der Waals surface area (Å²) < 4.78 is 5.03. The van der Waals surface area contributed by atoms with Gasteiger partial charge in [0.25, 0.3) is 11.8 Å². The molecule has 1 heterocycles. The summed E-state index contributed by atoms with van der Waals surface area (Å²) in [5.41, 5.74) is 2.16. The SMILES string of the molecule is C[C@@]1(CCc2ccccc2)NC(=O)N(NC(=O)COC(=O)[C@H]2CC=CCC2)C1=O. The molecule has 0 spiro atoms. The van der Waals surface area contributed by atoms with Gasteiger partial charge in [0, 0.05) is 0 Å². The summed E-state index contributed by atoms with van der Waals surface area (Å²) in [7, 11) is 0. The van der Waals surface area contributed by atoms with Crippen molar-refractivity contribution in [3.63, 3.8) is 0 Å². The lowest BCUT2D eigenvalue weighted by molar-refractivity contribution is -0.154. The first-order valence-electron chi connectivity index (χ1n) is 9.71. The Morgan fingerprint density at radius 1 is 1.24 bits per heavy atom. The van der Waals surface area contributed by atoms with Crippen LogP contribution in [0, 0.1) is 5.92 Å². The Morgan fingerprint density at radius 3 is 2.69 bits per heavy atom. The maximum Gasteiger partial charge on any atom is 0.344 e. The van der Waals surface area contributed by atoms with E-state index in [1.165, 1.54) is 0 Å². The van der Waals surface area contributed by atoms with Crippen LogP contribution in [0.3, 0.4) is 0 Å². The number of ether oxygens (including phenoxy) is 1. The third kappa shape index (κ3) is 5.01. The molecular weight excluding hydrogens is 374 g/mol. The molecule has 0 radical (unpaired) electrons. The maximum absolute atomic E-state index is 12.7. The highest BCUT2D eigenvalue weighted by Gasteiger charge is 2.48. The van der Waals surface area contributed by atoms with E-state index in [9.17, 15) is 19.2 Å². The molecule has 154 valence electrons. The van der Waals surface area contributed by atoms with Crippen LogP contribution in [0.4, 0.5) is 4.79 Å². The molecule has 0 unspecified atom stereocenters. The van der Waals surface area contributed by atoms with Crippen LogP contribution in [0.15, 0.2) is 42.5 Å². The number of hydrazine groups is 1. The van der Waals surface area contributed by atoms with Crippen LogP contribution >= 0.6 is 0 Å². The highest BCUT2D eigenvalue weighted by Crippen LogP contribution is 2.22. The summed E-state index contributed by atoms with van der Waals surface area (Å²) in [4.78, 5) is 49.0. The van der Waals surface area contributed by atoms with Gasteiger partial charge in [0.1, 0.15) is 5.54 Å². The lowest BCUT2D eigenvalue weighted by Gasteiger charge is -2.21. The van der Waals surface area contributed by atoms with Gasteiger partial charge in [-0.15, -0.1) is 0 Å². The molecule has 2 atom stereocenters. The Hall–Kier alpha value is -3.16. The molecule has 1 aromatic carbocycles. The molecule has 1 fully saturated rings. The van der Waals surface area contributed by atoms with Gasteiger partial charge < -0.3 is 10.1 Å². The molecule has 1 saturated heterocycles. The summed E-state index contributed by atoms with van der Waals surface area (Å²) in [6.45, 7) is 1.08. The van der Waals surface area contributed by atoms with Gasteiger partial charge in [-0.25, -0.2) is 4.79 Å². The first-order chi connectivity index (χ1) is 13.9. The minimum atomic E-state index is -1.12. The normalized spacial score (nSPS) is 23.6. The van der Waals surface area contributed by atoms with Crippen molar-refractivity contribution in [1.29, 1.82) is 0 Å². The van der Waals surface area contributed by atoms with E-state index in [-0.39, 0.29) is 5.92 Å². The van der Waals surface area contributed by atoms with Crippen molar-refractivity contribution >= 4 is 23.8 Å². The molecule has 0 bridgehead atoms. The van der Waals surface area contributed by atoms with Crippen LogP contribution < -0.4 is 10.7 Å². The molecular formula is C21H25N3O5. The van der Waals surface area contributed by atoms with Crippen molar-refractivity contribution in [2.75, 3.05) is 6.61 Å². The van der Waals surface area contributed by atoms with E-state index in [0.29, 0.717) is 30.7 Å². The van der Waals surface area contributed by atoms with Crippen LogP contribution in [-0.4, -0.2) is 41.0 Å². The molecule has 1 aliphatic carbocycles. The van der Waals surface area contributed by atoms with Gasteiger partial charge in [-0.2, -0.15) is 5.01 Å². The number of rotatable bonds is 7. The van der Waals surface area contributed by atoms with Crippen molar-refractivity contribution in [1.82, 2.24) is 15.8 Å². The number of hydrogen-bond donors (Lipinski definition) is 2. The van der Waals surface area contributed by atoms with E-state index in [1.807, 2.05) is 42.5 Å². The number of esters is 1. The highest BCUT2D eigenvalue weighted by molar-refractivity contribution is 6.07. The van der Waals surface area contributed by atoms with Crippen molar-refractivity contribution in [3.05, 3.63) is 48.0 Å². The summed E-state index contributed by atoms with van der Waals surface area (Å²) in [5.74, 6) is -1.99. The molecule has 4 amide bonds. The molecule has 0 aromatic heterocycles. The van der Waals surface area contributed by atoms with Crippen LogP contribution in [-0.2, 0) is 25.5 Å². The van der Waals surface area contributed by atoms with Gasteiger partial charge in [0.15, 0.2) is 6.61 Å². The van der Waals surface area contributed by atoms with E-state index in [2.05, 4.69) is 10.7 Å². The molecule has 2 N–H and O–H groups in total. The molecule has 2 aliphatic rings. The van der Waals surface area contributed by atoms with E-state index in [0.717, 1.165) is 12.0 Å². The van der Waals surface area contributed by atoms with Gasteiger partial charge in [-0.05, 0) is 44.6 Å². The second-order valence-electron chi connectivity index (χ2n) is 7.51. The van der Waals surface area contributed by atoms with E-state index in [1.54, 1.807) is 6.92 Å². The number of allylic oxidation sites excluding steroid dienone is 2. The Bertz CT molecular complexity index is 823. The molecule has 8 nitrogen and oxygen atoms in total.